The van der Waals surface area contributed by atoms with E-state index >= 15 is 0 Å². The van der Waals surface area contributed by atoms with Crippen LogP contribution in [0.2, 0.25) is 0 Å². The molecule has 2 aliphatic heterocycles. The van der Waals surface area contributed by atoms with Crippen molar-refractivity contribution in [2.45, 2.75) is 26.1 Å². The van der Waals surface area contributed by atoms with Crippen LogP contribution >= 0.6 is 0 Å². The molecule has 2 aliphatic rings. The van der Waals surface area contributed by atoms with Crippen molar-refractivity contribution in [3.8, 4) is 5.75 Å². The Morgan fingerprint density at radius 3 is 3.04 bits per heavy atom. The molecule has 1 atom stereocenters. The van der Waals surface area contributed by atoms with E-state index in [1.165, 1.54) is 6.92 Å². The van der Waals surface area contributed by atoms with Crippen molar-refractivity contribution >= 4 is 17.7 Å². The molecule has 0 spiro atoms. The third kappa shape index (κ3) is 2.98. The van der Waals surface area contributed by atoms with Gasteiger partial charge in [-0.05, 0) is 6.07 Å². The third-order valence-corrected chi connectivity index (χ3v) is 4.70. The molecule has 8 heteroatoms. The maximum absolute atomic E-state index is 12.2. The van der Waals surface area contributed by atoms with Crippen LogP contribution in [-0.4, -0.2) is 41.0 Å². The van der Waals surface area contributed by atoms with Crippen molar-refractivity contribution in [2.24, 2.45) is 7.05 Å². The first-order chi connectivity index (χ1) is 12.5. The van der Waals surface area contributed by atoms with Crippen molar-refractivity contribution in [3.05, 3.63) is 41.2 Å². The van der Waals surface area contributed by atoms with Crippen LogP contribution in [0.5, 0.6) is 5.75 Å². The van der Waals surface area contributed by atoms with Crippen molar-refractivity contribution in [3.63, 3.8) is 0 Å². The van der Waals surface area contributed by atoms with E-state index in [1.807, 2.05) is 36.1 Å². The number of ether oxygens (including phenoxy) is 2. The number of aromatic nitrogens is 2. The molecule has 2 aromatic rings. The molecule has 4 rings (SSSR count). The highest BCUT2D eigenvalue weighted by atomic mass is 16.6. The van der Waals surface area contributed by atoms with Gasteiger partial charge in [-0.1, -0.05) is 6.07 Å². The number of hydrogen-bond acceptors (Lipinski definition) is 5. The first kappa shape index (κ1) is 16.4. The van der Waals surface area contributed by atoms with E-state index in [0.717, 1.165) is 34.7 Å². The molecule has 1 aromatic carbocycles. The summed E-state index contributed by atoms with van der Waals surface area (Å²) in [5.74, 6) is 0.615. The van der Waals surface area contributed by atoms with Gasteiger partial charge in [0.25, 0.3) is 0 Å². The number of carbonyl (C=O) groups is 2. The Balaban J connectivity index is 1.53. The molecule has 1 saturated heterocycles. The van der Waals surface area contributed by atoms with Gasteiger partial charge in [-0.2, -0.15) is 5.10 Å². The lowest BCUT2D eigenvalue weighted by Gasteiger charge is -2.16. The minimum atomic E-state index is -0.415. The summed E-state index contributed by atoms with van der Waals surface area (Å²) in [4.78, 5) is 24.8. The molecular weight excluding hydrogens is 336 g/mol. The van der Waals surface area contributed by atoms with Crippen LogP contribution in [0, 0.1) is 0 Å². The SMILES string of the molecule is CC(=O)NC[C@H]1CN(c2ccc3c(c2)OCc2cnn(C)c2C3)C(=O)O1. The quantitative estimate of drug-likeness (QED) is 0.898. The Labute approximate surface area is 150 Å². The molecule has 0 aliphatic carbocycles. The molecule has 0 saturated carbocycles. The van der Waals surface area contributed by atoms with Crippen LogP contribution in [0.3, 0.4) is 0 Å². The van der Waals surface area contributed by atoms with E-state index in [-0.39, 0.29) is 12.0 Å². The minimum Gasteiger partial charge on any atom is -0.488 e. The second-order valence-corrected chi connectivity index (χ2v) is 6.55. The summed E-state index contributed by atoms with van der Waals surface area (Å²) in [6.45, 7) is 2.59. The number of cyclic esters (lactones) is 1. The van der Waals surface area contributed by atoms with Crippen molar-refractivity contribution in [2.75, 3.05) is 18.0 Å². The average Bonchev–Trinajstić information content (AvgIpc) is 3.09. The highest BCUT2D eigenvalue weighted by Gasteiger charge is 2.33. The highest BCUT2D eigenvalue weighted by molar-refractivity contribution is 5.90. The Hall–Kier alpha value is -3.03. The van der Waals surface area contributed by atoms with Crippen LogP contribution in [0.15, 0.2) is 24.4 Å². The predicted molar refractivity (Wildman–Crippen MR) is 93.1 cm³/mol. The number of fused-ring (bicyclic) bond motifs is 2. The molecule has 0 unspecified atom stereocenters. The normalized spacial score (nSPS) is 18.5. The third-order valence-electron chi connectivity index (χ3n) is 4.70. The molecule has 1 fully saturated rings. The van der Waals surface area contributed by atoms with E-state index < -0.39 is 6.09 Å². The number of amides is 2. The first-order valence-electron chi connectivity index (χ1n) is 8.49. The first-order valence-corrected chi connectivity index (χ1v) is 8.49. The summed E-state index contributed by atoms with van der Waals surface area (Å²) in [6.07, 6.45) is 1.78. The lowest BCUT2D eigenvalue weighted by atomic mass is 10.1. The van der Waals surface area contributed by atoms with Crippen LogP contribution in [0.4, 0.5) is 10.5 Å². The lowest BCUT2D eigenvalue weighted by Crippen LogP contribution is -2.33. The fourth-order valence-corrected chi connectivity index (χ4v) is 3.28. The van der Waals surface area contributed by atoms with Gasteiger partial charge in [0.1, 0.15) is 18.5 Å². The smallest absolute Gasteiger partial charge is 0.414 e. The van der Waals surface area contributed by atoms with Crippen LogP contribution in [-0.2, 0) is 29.6 Å². The second-order valence-electron chi connectivity index (χ2n) is 6.55. The van der Waals surface area contributed by atoms with Crippen LogP contribution in [0.25, 0.3) is 0 Å². The van der Waals surface area contributed by atoms with Gasteiger partial charge in [0.2, 0.25) is 5.91 Å². The van der Waals surface area contributed by atoms with E-state index in [0.29, 0.717) is 19.7 Å². The molecule has 0 bridgehead atoms. The van der Waals surface area contributed by atoms with E-state index in [9.17, 15) is 9.59 Å². The zero-order chi connectivity index (χ0) is 18.3. The molecule has 1 N–H and O–H groups in total. The van der Waals surface area contributed by atoms with Gasteiger partial charge in [0.15, 0.2) is 0 Å². The largest absolute Gasteiger partial charge is 0.488 e. The molecule has 3 heterocycles. The minimum absolute atomic E-state index is 0.146. The summed E-state index contributed by atoms with van der Waals surface area (Å²) in [7, 11) is 1.92. The van der Waals surface area contributed by atoms with Gasteiger partial charge in [0.05, 0.1) is 25.0 Å². The molecule has 136 valence electrons. The molecule has 0 radical (unpaired) electrons. The number of carbonyl (C=O) groups excluding carboxylic acids is 2. The fraction of sp³-hybridized carbons (Fsp3) is 0.389. The fourth-order valence-electron chi connectivity index (χ4n) is 3.28. The van der Waals surface area contributed by atoms with Crippen LogP contribution in [0.1, 0.15) is 23.7 Å². The lowest BCUT2D eigenvalue weighted by molar-refractivity contribution is -0.119. The maximum Gasteiger partial charge on any atom is 0.414 e. The highest BCUT2D eigenvalue weighted by Crippen LogP contribution is 2.33. The monoisotopic (exact) mass is 356 g/mol. The van der Waals surface area contributed by atoms with Gasteiger partial charge in [-0.3, -0.25) is 14.4 Å². The Morgan fingerprint density at radius 2 is 2.23 bits per heavy atom. The summed E-state index contributed by atoms with van der Waals surface area (Å²) < 4.78 is 13.1. The van der Waals surface area contributed by atoms with Gasteiger partial charge in [0, 0.05) is 43.3 Å². The summed E-state index contributed by atoms with van der Waals surface area (Å²) >= 11 is 0. The molecule has 1 aromatic heterocycles. The van der Waals surface area contributed by atoms with E-state index in [2.05, 4.69) is 10.4 Å². The number of aryl methyl sites for hydroxylation is 1. The molecule has 26 heavy (non-hydrogen) atoms. The van der Waals surface area contributed by atoms with Crippen LogP contribution < -0.4 is 15.0 Å². The Bertz CT molecular complexity index is 876. The summed E-state index contributed by atoms with van der Waals surface area (Å²) in [5, 5.41) is 6.95. The van der Waals surface area contributed by atoms with Crippen molar-refractivity contribution < 1.29 is 19.1 Å². The standard InChI is InChI=1S/C18H20N4O4/c1-11(23)19-8-15-9-22(18(24)26-15)14-4-3-12-5-16-13(7-20-21(16)2)10-25-17(12)6-14/h3-4,6-7,15H,5,8-10H2,1-2H3,(H,19,23)/t15-/m0/s1. The number of benzene rings is 1. The van der Waals surface area contributed by atoms with Crippen molar-refractivity contribution in [1.29, 1.82) is 0 Å². The molecular formula is C18H20N4O4. The predicted octanol–water partition coefficient (Wildman–Crippen LogP) is 1.36. The number of nitrogens with zero attached hydrogens (tertiary/aromatic N) is 3. The zero-order valence-electron chi connectivity index (χ0n) is 14.7. The van der Waals surface area contributed by atoms with E-state index in [4.69, 9.17) is 9.47 Å². The summed E-state index contributed by atoms with van der Waals surface area (Å²) in [5.41, 5.74) is 3.98. The van der Waals surface area contributed by atoms with Gasteiger partial charge >= 0.3 is 6.09 Å². The van der Waals surface area contributed by atoms with E-state index in [1.54, 1.807) is 4.90 Å². The number of anilines is 1. The Kier molecular flexibility index (Phi) is 4.02. The number of hydrogen-bond donors (Lipinski definition) is 1. The summed E-state index contributed by atoms with van der Waals surface area (Å²) in [6, 6.07) is 5.74. The van der Waals surface area contributed by atoms with Crippen molar-refractivity contribution in [1.82, 2.24) is 15.1 Å². The van der Waals surface area contributed by atoms with Gasteiger partial charge in [-0.15, -0.1) is 0 Å². The number of nitrogens with one attached hydrogen (secondary N) is 1. The molecule has 8 nitrogen and oxygen atoms in total. The maximum atomic E-state index is 12.2. The molecule has 2 amide bonds. The number of rotatable bonds is 3. The Morgan fingerprint density at radius 1 is 1.38 bits per heavy atom. The topological polar surface area (TPSA) is 85.7 Å². The van der Waals surface area contributed by atoms with Gasteiger partial charge < -0.3 is 14.8 Å². The zero-order valence-corrected chi connectivity index (χ0v) is 14.7. The average molecular weight is 356 g/mol. The second kappa shape index (κ2) is 6.36. The van der Waals surface area contributed by atoms with Gasteiger partial charge in [-0.25, -0.2) is 4.79 Å².